The molecule has 0 aromatic heterocycles. The van der Waals surface area contributed by atoms with E-state index in [2.05, 4.69) is 4.90 Å². The van der Waals surface area contributed by atoms with Crippen molar-refractivity contribution in [3.05, 3.63) is 28.2 Å². The molecule has 0 aliphatic carbocycles. The summed E-state index contributed by atoms with van der Waals surface area (Å²) in [6.07, 6.45) is 0.117. The van der Waals surface area contributed by atoms with Crippen molar-refractivity contribution < 1.29 is 23.8 Å². The molecule has 1 N–H and O–H groups in total. The van der Waals surface area contributed by atoms with E-state index in [1.54, 1.807) is 0 Å². The first kappa shape index (κ1) is 15.8. The van der Waals surface area contributed by atoms with Crippen molar-refractivity contribution in [2.75, 3.05) is 43.0 Å². The molecule has 0 amide bonds. The van der Waals surface area contributed by atoms with E-state index in [0.29, 0.717) is 36.1 Å². The molecule has 0 saturated carbocycles. The third kappa shape index (κ3) is 1.64. The van der Waals surface area contributed by atoms with Crippen LogP contribution in [0.15, 0.2) is 16.9 Å². The van der Waals surface area contributed by atoms with Crippen LogP contribution in [-0.4, -0.2) is 60.4 Å². The second kappa shape index (κ2) is 4.77. The summed E-state index contributed by atoms with van der Waals surface area (Å²) in [5.41, 5.74) is -0.516. The number of hydrogen-bond donors (Lipinski definition) is 1. The first-order valence-electron chi connectivity index (χ1n) is 8.88. The average molecular weight is 389 g/mol. The number of aliphatic carboxylic acids is 1. The smallest absolute Gasteiger partial charge is 0.321 e. The number of benzene rings is 1. The molecule has 2 bridgehead atoms. The molecule has 7 nitrogen and oxygen atoms in total. The predicted molar refractivity (Wildman–Crippen MR) is 96.6 cm³/mol. The van der Waals surface area contributed by atoms with Crippen LogP contribution < -0.4 is 14.5 Å². The Morgan fingerprint density at radius 2 is 2.07 bits per heavy atom. The minimum Gasteiger partial charge on any atom is -0.480 e. The summed E-state index contributed by atoms with van der Waals surface area (Å²) in [7, 11) is 2.03. The number of hydrogen-bond acceptors (Lipinski definition) is 7. The van der Waals surface area contributed by atoms with Crippen LogP contribution in [0.4, 0.5) is 15.8 Å². The fourth-order valence-corrected chi connectivity index (χ4v) is 6.45. The number of ketones is 1. The number of carboxylic acids is 1. The molecular formula is C18H16FN3O4S. The van der Waals surface area contributed by atoms with Crippen LogP contribution in [0.25, 0.3) is 0 Å². The summed E-state index contributed by atoms with van der Waals surface area (Å²) in [5.74, 6) is -1.25. The molecule has 0 radical (unpaired) electrons. The van der Waals surface area contributed by atoms with E-state index in [4.69, 9.17) is 4.74 Å². The van der Waals surface area contributed by atoms with Crippen molar-refractivity contribution in [1.29, 1.82) is 0 Å². The molecule has 5 aliphatic rings. The summed E-state index contributed by atoms with van der Waals surface area (Å²) in [4.78, 5) is 32.0. The molecule has 27 heavy (non-hydrogen) atoms. The molecule has 1 aromatic rings. The lowest BCUT2D eigenvalue weighted by Crippen LogP contribution is -2.56. The number of likely N-dealkylation sites (N-methyl/N-ethyl adjacent to an activating group) is 1. The number of carboxylic acid groups (broad SMARTS) is 1. The van der Waals surface area contributed by atoms with Crippen LogP contribution in [-0.2, 0) is 4.79 Å². The highest BCUT2D eigenvalue weighted by atomic mass is 32.2. The Kier molecular flexibility index (Phi) is 2.78. The molecule has 9 heteroatoms. The van der Waals surface area contributed by atoms with Gasteiger partial charge in [0.2, 0.25) is 5.88 Å². The summed E-state index contributed by atoms with van der Waals surface area (Å²) in [6, 6.07) is 1.21. The molecule has 0 spiro atoms. The zero-order valence-corrected chi connectivity index (χ0v) is 15.3. The molecular weight excluding hydrogens is 373 g/mol. The number of anilines is 2. The van der Waals surface area contributed by atoms with E-state index in [1.807, 2.05) is 16.8 Å². The summed E-state index contributed by atoms with van der Waals surface area (Å²) in [6.45, 7) is 2.96. The number of carbonyl (C=O) groups excluding carboxylic acids is 1. The maximum Gasteiger partial charge on any atom is 0.321 e. The van der Waals surface area contributed by atoms with Gasteiger partial charge in [-0.2, -0.15) is 0 Å². The van der Waals surface area contributed by atoms with Crippen molar-refractivity contribution in [3.8, 4) is 5.75 Å². The molecule has 2 fully saturated rings. The molecule has 5 heterocycles. The van der Waals surface area contributed by atoms with Gasteiger partial charge in [0.15, 0.2) is 22.8 Å². The van der Waals surface area contributed by atoms with Crippen molar-refractivity contribution in [2.45, 2.75) is 11.8 Å². The molecule has 6 rings (SSSR count). The lowest BCUT2D eigenvalue weighted by Gasteiger charge is -2.40. The Balaban J connectivity index is 1.58. The Morgan fingerprint density at radius 1 is 1.33 bits per heavy atom. The number of nitrogens with zero attached hydrogens (tertiary/aromatic N) is 3. The van der Waals surface area contributed by atoms with Crippen LogP contribution in [0.5, 0.6) is 5.75 Å². The van der Waals surface area contributed by atoms with Gasteiger partial charge in [0.05, 0.1) is 0 Å². The summed E-state index contributed by atoms with van der Waals surface area (Å²) >= 11 is 1.38. The van der Waals surface area contributed by atoms with Crippen molar-refractivity contribution >= 4 is 34.9 Å². The van der Waals surface area contributed by atoms with Crippen molar-refractivity contribution in [1.82, 2.24) is 4.90 Å². The van der Waals surface area contributed by atoms with E-state index in [0.717, 1.165) is 18.0 Å². The quantitative estimate of drug-likeness (QED) is 0.767. The average Bonchev–Trinajstić information content (AvgIpc) is 3.30. The van der Waals surface area contributed by atoms with E-state index in [1.165, 1.54) is 17.8 Å². The van der Waals surface area contributed by atoms with Gasteiger partial charge in [0, 0.05) is 43.1 Å². The summed E-state index contributed by atoms with van der Waals surface area (Å²) in [5, 5.41) is 9.31. The number of halogens is 1. The standard InChI is InChI=1S/C18H16FN3O4S/c1-20-2-4-21(5-3-20)12-9(19)6-8-11-13(12)26-15-10-7-18(14(8)23,17(24)25)16(27-10)22(11)15/h6,16H,2-5,7H2,1H3,(H,24,25). The lowest BCUT2D eigenvalue weighted by molar-refractivity contribution is -0.145. The molecule has 140 valence electrons. The van der Waals surface area contributed by atoms with Gasteiger partial charge in [-0.1, -0.05) is 11.8 Å². The van der Waals surface area contributed by atoms with E-state index in [-0.39, 0.29) is 12.0 Å². The van der Waals surface area contributed by atoms with Gasteiger partial charge >= 0.3 is 5.97 Å². The third-order valence-corrected chi connectivity index (χ3v) is 7.72. The second-order valence-corrected chi connectivity index (χ2v) is 8.85. The molecule has 5 aliphatic heterocycles. The maximum absolute atomic E-state index is 15.1. The number of piperazine rings is 1. The normalized spacial score (nSPS) is 30.4. The molecule has 2 saturated heterocycles. The lowest BCUT2D eigenvalue weighted by atomic mass is 9.72. The number of ether oxygens (including phenoxy) is 1. The SMILES string of the molecule is CN1CCN(c2c(F)cc3c4c2OC2=C5CC(C(=O)O)(C3=O)C(S5)N24)CC1. The topological polar surface area (TPSA) is 73.3 Å². The van der Waals surface area contributed by atoms with Crippen molar-refractivity contribution in [3.63, 3.8) is 0 Å². The number of fused-ring (bicyclic) bond motifs is 1. The number of carbonyl (C=O) groups is 2. The maximum atomic E-state index is 15.1. The Morgan fingerprint density at radius 3 is 2.78 bits per heavy atom. The molecule has 2 unspecified atom stereocenters. The zero-order valence-electron chi connectivity index (χ0n) is 14.5. The van der Waals surface area contributed by atoms with Gasteiger partial charge < -0.3 is 19.6 Å². The van der Waals surface area contributed by atoms with E-state index in [9.17, 15) is 14.7 Å². The second-order valence-electron chi connectivity index (χ2n) is 7.68. The largest absolute Gasteiger partial charge is 0.480 e. The minimum atomic E-state index is -1.55. The summed E-state index contributed by atoms with van der Waals surface area (Å²) < 4.78 is 21.2. The van der Waals surface area contributed by atoms with Crippen LogP contribution in [0, 0.1) is 11.2 Å². The van der Waals surface area contributed by atoms with Gasteiger partial charge in [-0.15, -0.1) is 0 Å². The van der Waals surface area contributed by atoms with Gasteiger partial charge in [-0.05, 0) is 13.1 Å². The van der Waals surface area contributed by atoms with E-state index >= 15 is 4.39 Å². The Hall–Kier alpha value is -2.26. The van der Waals surface area contributed by atoms with Crippen LogP contribution in [0.1, 0.15) is 16.8 Å². The third-order valence-electron chi connectivity index (χ3n) is 6.28. The first-order valence-corrected chi connectivity index (χ1v) is 9.76. The van der Waals surface area contributed by atoms with Gasteiger partial charge in [-0.25, -0.2) is 4.39 Å². The van der Waals surface area contributed by atoms with Gasteiger partial charge in [0.25, 0.3) is 0 Å². The monoisotopic (exact) mass is 389 g/mol. The fourth-order valence-electron chi connectivity index (χ4n) is 4.83. The van der Waals surface area contributed by atoms with Crippen LogP contribution in [0.3, 0.4) is 0 Å². The fraction of sp³-hybridized carbons (Fsp3) is 0.444. The Labute approximate surface area is 158 Å². The molecule has 1 aromatic carbocycles. The van der Waals surface area contributed by atoms with Crippen LogP contribution in [0.2, 0.25) is 0 Å². The van der Waals surface area contributed by atoms with Gasteiger partial charge in [-0.3, -0.25) is 14.5 Å². The first-order chi connectivity index (χ1) is 12.9. The zero-order chi connectivity index (χ0) is 18.7. The highest BCUT2D eigenvalue weighted by Gasteiger charge is 2.70. The molecule has 2 atom stereocenters. The Bertz CT molecular complexity index is 987. The van der Waals surface area contributed by atoms with Crippen LogP contribution >= 0.6 is 11.8 Å². The predicted octanol–water partition coefficient (Wildman–Crippen LogP) is 1.69. The number of Topliss-reactive ketones (excluding diaryl/α,β-unsaturated/α-hetero) is 1. The number of thioether (sulfide) groups is 1. The minimum absolute atomic E-state index is 0.117. The number of rotatable bonds is 2. The van der Waals surface area contributed by atoms with Gasteiger partial charge in [0.1, 0.15) is 16.7 Å². The van der Waals surface area contributed by atoms with E-state index < -0.39 is 28.4 Å². The highest BCUT2D eigenvalue weighted by molar-refractivity contribution is 8.04. The number of allylic oxidation sites excluding steroid dienone is 1. The highest BCUT2D eigenvalue weighted by Crippen LogP contribution is 2.69. The van der Waals surface area contributed by atoms with Crippen molar-refractivity contribution in [2.24, 2.45) is 5.41 Å².